The lowest BCUT2D eigenvalue weighted by Gasteiger charge is -2.41. The van der Waals surface area contributed by atoms with E-state index in [0.29, 0.717) is 18.7 Å². The van der Waals surface area contributed by atoms with Crippen molar-refractivity contribution >= 4 is 23.6 Å². The van der Waals surface area contributed by atoms with Crippen LogP contribution in [0.1, 0.15) is 47.0 Å². The number of imide groups is 1. The van der Waals surface area contributed by atoms with Crippen molar-refractivity contribution in [1.82, 2.24) is 4.90 Å². The zero-order chi connectivity index (χ0) is 20.9. The number of rotatable bonds is 1. The lowest BCUT2D eigenvalue weighted by Crippen LogP contribution is -2.44. The van der Waals surface area contributed by atoms with Crippen molar-refractivity contribution in [3.8, 4) is 0 Å². The fraction of sp³-hybridized carbons (Fsp3) is 0.522. The van der Waals surface area contributed by atoms with E-state index in [1.165, 1.54) is 4.90 Å². The van der Waals surface area contributed by atoms with E-state index in [0.717, 1.165) is 24.1 Å². The van der Waals surface area contributed by atoms with Gasteiger partial charge in [-0.05, 0) is 63.7 Å². The highest BCUT2D eigenvalue weighted by molar-refractivity contribution is 6.23. The van der Waals surface area contributed by atoms with Crippen LogP contribution in [0, 0.1) is 17.8 Å². The number of carbonyl (C=O) groups is 3. The van der Waals surface area contributed by atoms with Gasteiger partial charge in [0, 0.05) is 12.2 Å². The Kier molecular flexibility index (Phi) is 4.75. The summed E-state index contributed by atoms with van der Waals surface area (Å²) in [4.78, 5) is 42.5. The van der Waals surface area contributed by atoms with Crippen molar-refractivity contribution in [2.45, 2.75) is 52.6 Å². The van der Waals surface area contributed by atoms with Gasteiger partial charge in [0.1, 0.15) is 5.60 Å². The molecule has 6 heteroatoms. The monoisotopic (exact) mass is 396 g/mol. The third-order valence-electron chi connectivity index (χ3n) is 6.01. The second kappa shape index (κ2) is 7.01. The number of amides is 3. The maximum Gasteiger partial charge on any atom is 0.414 e. The van der Waals surface area contributed by atoms with Gasteiger partial charge < -0.3 is 4.74 Å². The summed E-state index contributed by atoms with van der Waals surface area (Å²) >= 11 is 0. The summed E-state index contributed by atoms with van der Waals surface area (Å²) in [5.74, 6) is -1.16. The minimum absolute atomic E-state index is 0.0213. The molecule has 3 atom stereocenters. The fourth-order valence-electron chi connectivity index (χ4n) is 4.87. The van der Waals surface area contributed by atoms with Gasteiger partial charge in [-0.3, -0.25) is 14.5 Å². The molecule has 2 aliphatic heterocycles. The lowest BCUT2D eigenvalue weighted by atomic mass is 9.70. The molecule has 1 saturated heterocycles. The Balaban J connectivity index is 1.72. The van der Waals surface area contributed by atoms with E-state index < -0.39 is 11.5 Å². The third kappa shape index (κ3) is 3.34. The number of fused-ring (bicyclic) bond motifs is 2. The predicted octanol–water partition coefficient (Wildman–Crippen LogP) is 4.12. The fourth-order valence-corrected chi connectivity index (χ4v) is 4.87. The number of hydrogen-bond donors (Lipinski definition) is 0. The van der Waals surface area contributed by atoms with Gasteiger partial charge in [0.2, 0.25) is 11.8 Å². The molecule has 3 aliphatic rings. The molecule has 1 aromatic carbocycles. The first-order chi connectivity index (χ1) is 13.7. The van der Waals surface area contributed by atoms with Crippen LogP contribution in [0.3, 0.4) is 0 Å². The van der Waals surface area contributed by atoms with Gasteiger partial charge in [-0.25, -0.2) is 9.69 Å². The van der Waals surface area contributed by atoms with Crippen LogP contribution >= 0.6 is 0 Å². The SMILES string of the molecule is CC1CC2=C(CCCN2C(=O)OC(C)(C)C)C2C(=O)N(c3ccccc3)C(=O)C12. The highest BCUT2D eigenvalue weighted by Crippen LogP contribution is 2.49. The summed E-state index contributed by atoms with van der Waals surface area (Å²) < 4.78 is 5.60. The van der Waals surface area contributed by atoms with E-state index in [1.807, 2.05) is 45.9 Å². The summed E-state index contributed by atoms with van der Waals surface area (Å²) in [6.07, 6.45) is 1.75. The van der Waals surface area contributed by atoms with Gasteiger partial charge in [-0.15, -0.1) is 0 Å². The molecule has 0 aromatic heterocycles. The molecule has 1 aromatic rings. The molecule has 0 radical (unpaired) electrons. The van der Waals surface area contributed by atoms with Gasteiger partial charge in [-0.2, -0.15) is 0 Å². The largest absolute Gasteiger partial charge is 0.443 e. The summed E-state index contributed by atoms with van der Waals surface area (Å²) in [5.41, 5.74) is 1.87. The summed E-state index contributed by atoms with van der Waals surface area (Å²) in [7, 11) is 0. The Hall–Kier alpha value is -2.63. The molecule has 154 valence electrons. The van der Waals surface area contributed by atoms with Crippen LogP contribution in [0.5, 0.6) is 0 Å². The van der Waals surface area contributed by atoms with Crippen molar-refractivity contribution in [2.75, 3.05) is 11.4 Å². The van der Waals surface area contributed by atoms with Crippen LogP contribution in [0.25, 0.3) is 0 Å². The molecule has 2 heterocycles. The van der Waals surface area contributed by atoms with Gasteiger partial charge in [0.15, 0.2) is 0 Å². The first-order valence-electron chi connectivity index (χ1n) is 10.3. The summed E-state index contributed by atoms with van der Waals surface area (Å²) in [6.45, 7) is 8.13. The van der Waals surface area contributed by atoms with Gasteiger partial charge in [0.05, 0.1) is 17.5 Å². The number of carbonyl (C=O) groups excluding carboxylic acids is 3. The minimum Gasteiger partial charge on any atom is -0.443 e. The number of ether oxygens (including phenoxy) is 1. The first kappa shape index (κ1) is 19.7. The van der Waals surface area contributed by atoms with Gasteiger partial charge in [-0.1, -0.05) is 25.1 Å². The number of para-hydroxylation sites is 1. The van der Waals surface area contributed by atoms with Gasteiger partial charge in [0.25, 0.3) is 0 Å². The molecular weight excluding hydrogens is 368 g/mol. The quantitative estimate of drug-likeness (QED) is 0.670. The van der Waals surface area contributed by atoms with Crippen molar-refractivity contribution < 1.29 is 19.1 Å². The second-order valence-electron chi connectivity index (χ2n) is 9.24. The molecule has 0 saturated carbocycles. The van der Waals surface area contributed by atoms with E-state index >= 15 is 0 Å². The van der Waals surface area contributed by atoms with Crippen LogP contribution in [0.15, 0.2) is 41.6 Å². The maximum atomic E-state index is 13.4. The maximum absolute atomic E-state index is 13.4. The molecule has 1 fully saturated rings. The Bertz CT molecular complexity index is 884. The Morgan fingerprint density at radius 1 is 1.10 bits per heavy atom. The molecule has 3 unspecified atom stereocenters. The summed E-state index contributed by atoms with van der Waals surface area (Å²) in [5, 5.41) is 0. The average Bonchev–Trinajstić information content (AvgIpc) is 2.92. The first-order valence-corrected chi connectivity index (χ1v) is 10.3. The number of allylic oxidation sites excluding steroid dienone is 1. The Labute approximate surface area is 171 Å². The Morgan fingerprint density at radius 3 is 2.45 bits per heavy atom. The van der Waals surface area contributed by atoms with Crippen molar-refractivity contribution in [2.24, 2.45) is 17.8 Å². The smallest absolute Gasteiger partial charge is 0.414 e. The molecular formula is C23H28N2O4. The van der Waals surface area contributed by atoms with Crippen LogP contribution in [0.4, 0.5) is 10.5 Å². The highest BCUT2D eigenvalue weighted by Gasteiger charge is 2.55. The number of hydrogen-bond acceptors (Lipinski definition) is 4. The normalized spacial score (nSPS) is 27.1. The molecule has 3 amide bonds. The van der Waals surface area contributed by atoms with E-state index in [2.05, 4.69) is 0 Å². The van der Waals surface area contributed by atoms with Crippen molar-refractivity contribution in [3.63, 3.8) is 0 Å². The summed E-state index contributed by atoms with van der Waals surface area (Å²) in [6, 6.07) is 9.11. The number of benzene rings is 1. The third-order valence-corrected chi connectivity index (χ3v) is 6.01. The predicted molar refractivity (Wildman–Crippen MR) is 109 cm³/mol. The molecule has 6 nitrogen and oxygen atoms in total. The van der Waals surface area contributed by atoms with Gasteiger partial charge >= 0.3 is 6.09 Å². The number of anilines is 1. The second-order valence-corrected chi connectivity index (χ2v) is 9.24. The van der Waals surface area contributed by atoms with Crippen molar-refractivity contribution in [1.29, 1.82) is 0 Å². The number of nitrogens with zero attached hydrogens (tertiary/aromatic N) is 2. The zero-order valence-corrected chi connectivity index (χ0v) is 17.5. The van der Waals surface area contributed by atoms with Crippen LogP contribution in [-0.4, -0.2) is 35.0 Å². The van der Waals surface area contributed by atoms with Crippen LogP contribution in [-0.2, 0) is 14.3 Å². The average molecular weight is 396 g/mol. The molecule has 0 N–H and O–H groups in total. The molecule has 0 bridgehead atoms. The molecule has 1 aliphatic carbocycles. The topological polar surface area (TPSA) is 66.9 Å². The Morgan fingerprint density at radius 2 is 1.79 bits per heavy atom. The van der Waals surface area contributed by atoms with E-state index in [4.69, 9.17) is 4.74 Å². The zero-order valence-electron chi connectivity index (χ0n) is 17.5. The van der Waals surface area contributed by atoms with E-state index in [-0.39, 0.29) is 29.7 Å². The van der Waals surface area contributed by atoms with E-state index in [9.17, 15) is 14.4 Å². The van der Waals surface area contributed by atoms with Crippen LogP contribution in [0.2, 0.25) is 0 Å². The lowest BCUT2D eigenvalue weighted by molar-refractivity contribution is -0.122. The van der Waals surface area contributed by atoms with E-state index in [1.54, 1.807) is 17.0 Å². The molecule has 0 spiro atoms. The minimum atomic E-state index is -0.582. The molecule has 4 rings (SSSR count). The highest BCUT2D eigenvalue weighted by atomic mass is 16.6. The van der Waals surface area contributed by atoms with Crippen LogP contribution < -0.4 is 4.90 Å². The standard InChI is InChI=1S/C23H28N2O4/c1-14-13-17-16(11-8-12-24(17)22(28)29-23(2,3)4)19-18(14)20(26)25(21(19)27)15-9-6-5-7-10-15/h5-7,9-10,14,18-19H,8,11-13H2,1-4H3. The molecule has 29 heavy (non-hydrogen) atoms. The van der Waals surface area contributed by atoms with Crippen molar-refractivity contribution in [3.05, 3.63) is 41.6 Å².